The van der Waals surface area contributed by atoms with Crippen molar-refractivity contribution in [1.29, 1.82) is 0 Å². The second-order valence-corrected chi connectivity index (χ2v) is 5.71. The average molecular weight is 343 g/mol. The van der Waals surface area contributed by atoms with Gasteiger partial charge in [0.1, 0.15) is 5.69 Å². The number of amides is 1. The van der Waals surface area contributed by atoms with Gasteiger partial charge in [-0.15, -0.1) is 0 Å². The number of anilines is 1. The SMILES string of the molecule is Cc1c(Cl)cccc1NC(=O)COC(=O)c1cc2ccccc2[nH]1. The van der Waals surface area contributed by atoms with E-state index in [9.17, 15) is 9.59 Å². The summed E-state index contributed by atoms with van der Waals surface area (Å²) >= 11 is 6.00. The number of H-pyrrole nitrogens is 1. The molecule has 1 heterocycles. The first-order chi connectivity index (χ1) is 11.5. The van der Waals surface area contributed by atoms with E-state index in [1.54, 1.807) is 31.2 Å². The van der Waals surface area contributed by atoms with Crippen LogP contribution in [0, 0.1) is 6.92 Å². The lowest BCUT2D eigenvalue weighted by molar-refractivity contribution is -0.119. The number of hydrogen-bond donors (Lipinski definition) is 2. The molecule has 24 heavy (non-hydrogen) atoms. The largest absolute Gasteiger partial charge is 0.451 e. The van der Waals surface area contributed by atoms with Crippen LogP contribution in [0.15, 0.2) is 48.5 Å². The summed E-state index contributed by atoms with van der Waals surface area (Å²) in [7, 11) is 0. The number of carbonyl (C=O) groups excluding carboxylic acids is 2. The number of rotatable bonds is 4. The number of halogens is 1. The van der Waals surface area contributed by atoms with E-state index in [4.69, 9.17) is 16.3 Å². The lowest BCUT2D eigenvalue weighted by Crippen LogP contribution is -2.21. The van der Waals surface area contributed by atoms with Gasteiger partial charge in [-0.05, 0) is 36.8 Å². The highest BCUT2D eigenvalue weighted by Gasteiger charge is 2.13. The Kier molecular flexibility index (Phi) is 4.53. The van der Waals surface area contributed by atoms with Gasteiger partial charge in [0.2, 0.25) is 0 Å². The van der Waals surface area contributed by atoms with Crippen molar-refractivity contribution in [2.45, 2.75) is 6.92 Å². The number of hydrogen-bond acceptors (Lipinski definition) is 3. The third-order valence-electron chi connectivity index (χ3n) is 3.63. The smallest absolute Gasteiger partial charge is 0.355 e. The maximum atomic E-state index is 12.0. The Morgan fingerprint density at radius 2 is 1.96 bits per heavy atom. The molecule has 2 aromatic carbocycles. The summed E-state index contributed by atoms with van der Waals surface area (Å²) in [5, 5.41) is 4.14. The van der Waals surface area contributed by atoms with Crippen LogP contribution < -0.4 is 5.32 Å². The highest BCUT2D eigenvalue weighted by Crippen LogP contribution is 2.22. The van der Waals surface area contributed by atoms with Crippen LogP contribution >= 0.6 is 11.6 Å². The van der Waals surface area contributed by atoms with Crippen LogP contribution in [0.5, 0.6) is 0 Å². The Labute approximate surface area is 143 Å². The second-order valence-electron chi connectivity index (χ2n) is 5.31. The van der Waals surface area contributed by atoms with Crippen molar-refractivity contribution in [3.63, 3.8) is 0 Å². The van der Waals surface area contributed by atoms with E-state index in [0.717, 1.165) is 16.5 Å². The molecule has 1 aromatic heterocycles. The highest BCUT2D eigenvalue weighted by molar-refractivity contribution is 6.31. The van der Waals surface area contributed by atoms with Crippen LogP contribution in [-0.4, -0.2) is 23.5 Å². The zero-order valence-electron chi connectivity index (χ0n) is 12.9. The van der Waals surface area contributed by atoms with Crippen LogP contribution in [-0.2, 0) is 9.53 Å². The quantitative estimate of drug-likeness (QED) is 0.706. The molecular formula is C18H15ClN2O3. The molecular weight excluding hydrogens is 328 g/mol. The number of para-hydroxylation sites is 1. The molecule has 2 N–H and O–H groups in total. The Bertz CT molecular complexity index is 885. The molecule has 0 aliphatic heterocycles. The van der Waals surface area contributed by atoms with Crippen molar-refractivity contribution in [3.05, 3.63) is 64.8 Å². The van der Waals surface area contributed by atoms with Gasteiger partial charge in [0, 0.05) is 21.6 Å². The molecule has 0 unspecified atom stereocenters. The van der Waals surface area contributed by atoms with Gasteiger partial charge in [0.05, 0.1) is 0 Å². The summed E-state index contributed by atoms with van der Waals surface area (Å²) in [5.41, 5.74) is 2.50. The van der Waals surface area contributed by atoms with Crippen LogP contribution in [0.3, 0.4) is 0 Å². The summed E-state index contributed by atoms with van der Waals surface area (Å²) in [4.78, 5) is 26.9. The molecule has 6 heteroatoms. The van der Waals surface area contributed by atoms with Gasteiger partial charge in [-0.25, -0.2) is 4.79 Å². The van der Waals surface area contributed by atoms with Crippen LogP contribution in [0.2, 0.25) is 5.02 Å². The molecule has 0 atom stereocenters. The predicted molar refractivity (Wildman–Crippen MR) is 93.4 cm³/mol. The lowest BCUT2D eigenvalue weighted by atomic mass is 10.2. The Hall–Kier alpha value is -2.79. The number of ether oxygens (including phenoxy) is 1. The molecule has 3 rings (SSSR count). The molecule has 5 nitrogen and oxygen atoms in total. The minimum Gasteiger partial charge on any atom is -0.451 e. The first-order valence-corrected chi connectivity index (χ1v) is 7.72. The predicted octanol–water partition coefficient (Wildman–Crippen LogP) is 3.93. The Balaban J connectivity index is 1.61. The standard InChI is InChI=1S/C18H15ClN2O3/c1-11-13(19)6-4-8-14(11)21-17(22)10-24-18(23)16-9-12-5-2-3-7-15(12)20-16/h2-9,20H,10H2,1H3,(H,21,22). The van der Waals surface area contributed by atoms with E-state index in [1.807, 2.05) is 24.3 Å². The van der Waals surface area contributed by atoms with Crippen molar-refractivity contribution in [3.8, 4) is 0 Å². The van der Waals surface area contributed by atoms with Crippen molar-refractivity contribution in [2.75, 3.05) is 11.9 Å². The topological polar surface area (TPSA) is 71.2 Å². The molecule has 0 fully saturated rings. The van der Waals surface area contributed by atoms with E-state index >= 15 is 0 Å². The minimum absolute atomic E-state index is 0.308. The van der Waals surface area contributed by atoms with Crippen molar-refractivity contribution in [2.24, 2.45) is 0 Å². The summed E-state index contributed by atoms with van der Waals surface area (Å²) in [6.45, 7) is 1.43. The normalized spacial score (nSPS) is 10.6. The summed E-state index contributed by atoms with van der Waals surface area (Å²) < 4.78 is 5.05. The molecule has 0 saturated heterocycles. The third-order valence-corrected chi connectivity index (χ3v) is 4.04. The third kappa shape index (κ3) is 3.41. The average Bonchev–Trinajstić information content (AvgIpc) is 3.01. The van der Waals surface area contributed by atoms with Gasteiger partial charge in [-0.1, -0.05) is 35.9 Å². The molecule has 0 aliphatic carbocycles. The summed E-state index contributed by atoms with van der Waals surface area (Å²) in [5.74, 6) is -1.01. The lowest BCUT2D eigenvalue weighted by Gasteiger charge is -2.09. The summed E-state index contributed by atoms with van der Waals surface area (Å²) in [6, 6.07) is 14.4. The van der Waals surface area contributed by atoms with Crippen LogP contribution in [0.25, 0.3) is 10.9 Å². The molecule has 0 aliphatic rings. The number of aromatic nitrogens is 1. The molecule has 0 saturated carbocycles. The van der Waals surface area contributed by atoms with Gasteiger partial charge in [0.15, 0.2) is 6.61 Å². The molecule has 0 spiro atoms. The minimum atomic E-state index is -0.579. The van der Waals surface area contributed by atoms with Crippen molar-refractivity contribution in [1.82, 2.24) is 4.98 Å². The fourth-order valence-corrected chi connectivity index (χ4v) is 2.50. The first kappa shape index (κ1) is 16.1. The number of esters is 1. The number of carbonyl (C=O) groups is 2. The van der Waals surface area contributed by atoms with E-state index < -0.39 is 11.9 Å². The van der Waals surface area contributed by atoms with Crippen molar-refractivity contribution < 1.29 is 14.3 Å². The van der Waals surface area contributed by atoms with E-state index in [0.29, 0.717) is 16.4 Å². The van der Waals surface area contributed by atoms with Crippen LogP contribution in [0.1, 0.15) is 16.1 Å². The van der Waals surface area contributed by atoms with Gasteiger partial charge in [-0.2, -0.15) is 0 Å². The Morgan fingerprint density at radius 3 is 2.75 bits per heavy atom. The number of nitrogens with one attached hydrogen (secondary N) is 2. The molecule has 122 valence electrons. The fourth-order valence-electron chi connectivity index (χ4n) is 2.32. The van der Waals surface area contributed by atoms with E-state index in [2.05, 4.69) is 10.3 Å². The number of aromatic amines is 1. The summed E-state index contributed by atoms with van der Waals surface area (Å²) in [6.07, 6.45) is 0. The van der Waals surface area contributed by atoms with E-state index in [1.165, 1.54) is 0 Å². The fraction of sp³-hybridized carbons (Fsp3) is 0.111. The maximum Gasteiger partial charge on any atom is 0.355 e. The van der Waals surface area contributed by atoms with Gasteiger partial charge in [0.25, 0.3) is 5.91 Å². The van der Waals surface area contributed by atoms with Crippen molar-refractivity contribution >= 4 is 40.1 Å². The second kappa shape index (κ2) is 6.76. The molecule has 0 radical (unpaired) electrons. The van der Waals surface area contributed by atoms with Gasteiger partial charge in [-0.3, -0.25) is 4.79 Å². The Morgan fingerprint density at radius 1 is 1.17 bits per heavy atom. The number of benzene rings is 2. The zero-order valence-corrected chi connectivity index (χ0v) is 13.7. The van der Waals surface area contributed by atoms with Gasteiger partial charge >= 0.3 is 5.97 Å². The highest BCUT2D eigenvalue weighted by atomic mass is 35.5. The van der Waals surface area contributed by atoms with Crippen LogP contribution in [0.4, 0.5) is 5.69 Å². The van der Waals surface area contributed by atoms with E-state index in [-0.39, 0.29) is 6.61 Å². The zero-order chi connectivity index (χ0) is 17.1. The molecule has 0 bridgehead atoms. The molecule has 1 amide bonds. The monoisotopic (exact) mass is 342 g/mol. The molecule has 3 aromatic rings. The first-order valence-electron chi connectivity index (χ1n) is 7.34. The van der Waals surface area contributed by atoms with Gasteiger partial charge < -0.3 is 15.0 Å². The number of fused-ring (bicyclic) bond motifs is 1. The maximum absolute atomic E-state index is 12.0.